The minimum atomic E-state index is 0.315. The lowest BCUT2D eigenvalue weighted by Crippen LogP contribution is -2.21. The van der Waals surface area contributed by atoms with E-state index in [1.54, 1.807) is 0 Å². The summed E-state index contributed by atoms with van der Waals surface area (Å²) >= 11 is 0. The maximum absolute atomic E-state index is 4.44. The minimum absolute atomic E-state index is 0.315. The van der Waals surface area contributed by atoms with Crippen molar-refractivity contribution in [1.29, 1.82) is 0 Å². The lowest BCUT2D eigenvalue weighted by Gasteiger charge is -2.16. The molecule has 3 rings (SSSR count). The van der Waals surface area contributed by atoms with Crippen molar-refractivity contribution in [3.63, 3.8) is 0 Å². The lowest BCUT2D eigenvalue weighted by atomic mass is 10.0. The molecule has 0 aromatic carbocycles. The average molecular weight is 283 g/mol. The first-order chi connectivity index (χ1) is 10.3. The second-order valence-corrected chi connectivity index (χ2v) is 5.30. The summed E-state index contributed by atoms with van der Waals surface area (Å²) < 4.78 is 3.79. The van der Waals surface area contributed by atoms with Crippen molar-refractivity contribution in [2.45, 2.75) is 25.8 Å². The Labute approximate surface area is 124 Å². The molecule has 21 heavy (non-hydrogen) atoms. The molecular formula is C16H21N5. The van der Waals surface area contributed by atoms with Gasteiger partial charge in [-0.15, -0.1) is 0 Å². The highest BCUT2D eigenvalue weighted by atomic mass is 15.2. The zero-order valence-corrected chi connectivity index (χ0v) is 12.5. The fraction of sp³-hybridized carbons (Fsp3) is 0.375. The van der Waals surface area contributed by atoms with Crippen LogP contribution in [0.5, 0.6) is 0 Å². The van der Waals surface area contributed by atoms with Gasteiger partial charge < -0.3 is 5.32 Å². The Balaban J connectivity index is 1.80. The van der Waals surface area contributed by atoms with Crippen LogP contribution in [0.2, 0.25) is 0 Å². The van der Waals surface area contributed by atoms with Gasteiger partial charge in [0.25, 0.3) is 0 Å². The van der Waals surface area contributed by atoms with Crippen molar-refractivity contribution in [2.75, 3.05) is 6.54 Å². The molecule has 0 radical (unpaired) electrons. The number of pyridine rings is 1. The zero-order chi connectivity index (χ0) is 14.7. The predicted octanol–water partition coefficient (Wildman–Crippen LogP) is 2.35. The third-order valence-corrected chi connectivity index (χ3v) is 3.76. The number of nitrogens with one attached hydrogen (secondary N) is 1. The number of rotatable bonds is 6. The van der Waals surface area contributed by atoms with Gasteiger partial charge in [-0.25, -0.2) is 4.52 Å². The van der Waals surface area contributed by atoms with Crippen molar-refractivity contribution < 1.29 is 0 Å². The van der Waals surface area contributed by atoms with Gasteiger partial charge in [0.05, 0.1) is 17.9 Å². The van der Waals surface area contributed by atoms with E-state index in [2.05, 4.69) is 40.8 Å². The van der Waals surface area contributed by atoms with E-state index in [9.17, 15) is 0 Å². The van der Waals surface area contributed by atoms with Crippen LogP contribution in [0.4, 0.5) is 0 Å². The van der Waals surface area contributed by atoms with Gasteiger partial charge in [0, 0.05) is 31.0 Å². The molecule has 3 aromatic heterocycles. The SMILES string of the molecule is CCNC(CCc1cnn(C)c1)c1cnn2ccccc12. The number of hydrogen-bond acceptors (Lipinski definition) is 3. The first-order valence-corrected chi connectivity index (χ1v) is 7.41. The summed E-state index contributed by atoms with van der Waals surface area (Å²) in [4.78, 5) is 0. The summed E-state index contributed by atoms with van der Waals surface area (Å²) in [5.41, 5.74) is 3.72. The minimum Gasteiger partial charge on any atom is -0.310 e. The Hall–Kier alpha value is -2.14. The third-order valence-electron chi connectivity index (χ3n) is 3.76. The topological polar surface area (TPSA) is 47.2 Å². The van der Waals surface area contributed by atoms with E-state index in [4.69, 9.17) is 0 Å². The Bertz CT molecular complexity index is 712. The van der Waals surface area contributed by atoms with Gasteiger partial charge in [0.15, 0.2) is 0 Å². The summed E-state index contributed by atoms with van der Waals surface area (Å²) in [6, 6.07) is 6.50. The van der Waals surface area contributed by atoms with Crippen LogP contribution >= 0.6 is 0 Å². The van der Waals surface area contributed by atoms with Crippen molar-refractivity contribution >= 4 is 5.52 Å². The van der Waals surface area contributed by atoms with Crippen molar-refractivity contribution in [3.05, 3.63) is 54.1 Å². The first-order valence-electron chi connectivity index (χ1n) is 7.41. The molecule has 1 N–H and O–H groups in total. The first kappa shape index (κ1) is 13.8. The summed E-state index contributed by atoms with van der Waals surface area (Å²) in [6.45, 7) is 3.09. The van der Waals surface area contributed by atoms with Crippen LogP contribution in [-0.2, 0) is 13.5 Å². The number of aromatic nitrogens is 4. The maximum atomic E-state index is 4.44. The van der Waals surface area contributed by atoms with Crippen LogP contribution in [0.15, 0.2) is 43.0 Å². The molecule has 5 heteroatoms. The van der Waals surface area contributed by atoms with Gasteiger partial charge in [0.1, 0.15) is 0 Å². The van der Waals surface area contributed by atoms with Crippen LogP contribution < -0.4 is 5.32 Å². The molecule has 0 spiro atoms. The Kier molecular flexibility index (Phi) is 4.01. The van der Waals surface area contributed by atoms with Gasteiger partial charge >= 0.3 is 0 Å². The van der Waals surface area contributed by atoms with Crippen molar-refractivity contribution in [3.8, 4) is 0 Å². The highest BCUT2D eigenvalue weighted by molar-refractivity contribution is 5.54. The average Bonchev–Trinajstić information content (AvgIpc) is 3.10. The molecule has 0 aliphatic heterocycles. The van der Waals surface area contributed by atoms with Crippen LogP contribution in [0.3, 0.4) is 0 Å². The second-order valence-electron chi connectivity index (χ2n) is 5.30. The molecule has 0 bridgehead atoms. The number of fused-ring (bicyclic) bond motifs is 1. The molecule has 0 amide bonds. The number of aryl methyl sites for hydroxylation is 2. The second kappa shape index (κ2) is 6.10. The Morgan fingerprint density at radius 3 is 2.90 bits per heavy atom. The predicted molar refractivity (Wildman–Crippen MR) is 83.1 cm³/mol. The quantitative estimate of drug-likeness (QED) is 0.755. The van der Waals surface area contributed by atoms with E-state index in [0.717, 1.165) is 19.4 Å². The molecule has 1 unspecified atom stereocenters. The largest absolute Gasteiger partial charge is 0.310 e. The summed E-state index contributed by atoms with van der Waals surface area (Å²) in [7, 11) is 1.95. The summed E-state index contributed by atoms with van der Waals surface area (Å²) in [5, 5.41) is 12.2. The third kappa shape index (κ3) is 2.97. The molecular weight excluding hydrogens is 262 g/mol. The van der Waals surface area contributed by atoms with Crippen LogP contribution in [0, 0.1) is 0 Å². The van der Waals surface area contributed by atoms with Gasteiger partial charge in [0.2, 0.25) is 0 Å². The smallest absolute Gasteiger partial charge is 0.0709 e. The molecule has 0 aliphatic carbocycles. The van der Waals surface area contributed by atoms with Gasteiger partial charge in [-0.2, -0.15) is 10.2 Å². The fourth-order valence-corrected chi connectivity index (χ4v) is 2.75. The molecule has 110 valence electrons. The molecule has 0 fully saturated rings. The van der Waals surface area contributed by atoms with Gasteiger partial charge in [-0.1, -0.05) is 13.0 Å². The maximum Gasteiger partial charge on any atom is 0.0709 e. The summed E-state index contributed by atoms with van der Waals surface area (Å²) in [6.07, 6.45) is 10.0. The van der Waals surface area contributed by atoms with Crippen molar-refractivity contribution in [1.82, 2.24) is 24.7 Å². The Morgan fingerprint density at radius 1 is 1.24 bits per heavy atom. The number of nitrogens with zero attached hydrogens (tertiary/aromatic N) is 4. The van der Waals surface area contributed by atoms with Gasteiger partial charge in [-0.05, 0) is 37.1 Å². The van der Waals surface area contributed by atoms with Crippen LogP contribution in [-0.4, -0.2) is 25.9 Å². The molecule has 0 saturated carbocycles. The molecule has 0 aliphatic rings. The summed E-state index contributed by atoms with van der Waals surface area (Å²) in [5.74, 6) is 0. The molecule has 1 atom stereocenters. The van der Waals surface area contributed by atoms with Crippen LogP contribution in [0.25, 0.3) is 5.52 Å². The van der Waals surface area contributed by atoms with E-state index >= 15 is 0 Å². The van der Waals surface area contributed by atoms with Crippen molar-refractivity contribution in [2.24, 2.45) is 7.05 Å². The monoisotopic (exact) mass is 283 g/mol. The lowest BCUT2D eigenvalue weighted by molar-refractivity contribution is 0.518. The standard InChI is InChI=1S/C16H21N5/c1-3-17-15(8-7-13-10-18-20(2)12-13)14-11-19-21-9-5-4-6-16(14)21/h4-6,9-12,15,17H,3,7-8H2,1-2H3. The van der Waals surface area contributed by atoms with E-state index in [1.807, 2.05) is 40.9 Å². The van der Waals surface area contributed by atoms with Gasteiger partial charge in [-0.3, -0.25) is 4.68 Å². The van der Waals surface area contributed by atoms with E-state index in [0.29, 0.717) is 6.04 Å². The Morgan fingerprint density at radius 2 is 2.14 bits per heavy atom. The van der Waals surface area contributed by atoms with E-state index in [-0.39, 0.29) is 0 Å². The van der Waals surface area contributed by atoms with E-state index < -0.39 is 0 Å². The molecule has 0 saturated heterocycles. The number of hydrogen-bond donors (Lipinski definition) is 1. The van der Waals surface area contributed by atoms with Crippen LogP contribution in [0.1, 0.15) is 30.5 Å². The fourth-order valence-electron chi connectivity index (χ4n) is 2.75. The highest BCUT2D eigenvalue weighted by Crippen LogP contribution is 2.23. The molecule has 5 nitrogen and oxygen atoms in total. The highest BCUT2D eigenvalue weighted by Gasteiger charge is 2.15. The molecule has 3 heterocycles. The van der Waals surface area contributed by atoms with E-state index in [1.165, 1.54) is 16.6 Å². The normalized spacial score (nSPS) is 12.9. The zero-order valence-electron chi connectivity index (χ0n) is 12.5. The molecule has 3 aromatic rings.